The van der Waals surface area contributed by atoms with Crippen molar-refractivity contribution in [1.29, 1.82) is 5.26 Å². The van der Waals surface area contributed by atoms with Gasteiger partial charge in [0.15, 0.2) is 0 Å². The molecule has 0 amide bonds. The van der Waals surface area contributed by atoms with Crippen molar-refractivity contribution in [1.82, 2.24) is 21.0 Å². The maximum absolute atomic E-state index is 13.9. The molecule has 1 aliphatic heterocycles. The fourth-order valence-corrected chi connectivity index (χ4v) is 5.79. The van der Waals surface area contributed by atoms with Gasteiger partial charge in [-0.3, -0.25) is 9.99 Å². The van der Waals surface area contributed by atoms with Crippen LogP contribution in [0.25, 0.3) is 21.7 Å². The Hall–Kier alpha value is -4.78. The third kappa shape index (κ3) is 4.65. The first-order valence-corrected chi connectivity index (χ1v) is 14.1. The van der Waals surface area contributed by atoms with E-state index in [-0.39, 0.29) is 5.82 Å². The number of nitrogens with one attached hydrogen (secondary N) is 4. The molecule has 0 saturated heterocycles. The molecular weight excluding hydrogens is 548 g/mol. The second kappa shape index (κ2) is 10.2. The van der Waals surface area contributed by atoms with Crippen molar-refractivity contribution in [3.63, 3.8) is 0 Å². The normalized spacial score (nSPS) is 16.0. The summed E-state index contributed by atoms with van der Waals surface area (Å²) in [5, 5.41) is 22.5. The van der Waals surface area contributed by atoms with Crippen molar-refractivity contribution >= 4 is 58.2 Å². The molecule has 10 heteroatoms. The molecule has 1 unspecified atom stereocenters. The highest BCUT2D eigenvalue weighted by atomic mass is 35.5. The number of pyridine rings is 1. The highest BCUT2D eigenvalue weighted by molar-refractivity contribution is 6.36. The molecule has 1 saturated carbocycles. The van der Waals surface area contributed by atoms with E-state index in [4.69, 9.17) is 11.6 Å². The number of fused-ring (bicyclic) bond motifs is 2. The molecule has 1 aromatic heterocycles. The van der Waals surface area contributed by atoms with Gasteiger partial charge in [0.2, 0.25) is 0 Å². The quantitative estimate of drug-likeness (QED) is 0.177. The molecule has 7 nitrogen and oxygen atoms in total. The summed E-state index contributed by atoms with van der Waals surface area (Å²) in [6, 6.07) is 27.1. The summed E-state index contributed by atoms with van der Waals surface area (Å²) in [7, 11) is 2.04. The van der Waals surface area contributed by atoms with Crippen molar-refractivity contribution < 1.29 is 4.39 Å². The average molecular weight is 574 g/mol. The molecule has 4 aromatic carbocycles. The van der Waals surface area contributed by atoms with Gasteiger partial charge in [-0.25, -0.2) is 4.39 Å². The summed E-state index contributed by atoms with van der Waals surface area (Å²) in [6.07, 6.45) is 5.85. The molecule has 1 aliphatic carbocycles. The van der Waals surface area contributed by atoms with Crippen molar-refractivity contribution in [2.45, 2.75) is 24.3 Å². The minimum Gasteiger partial charge on any atom is -0.378 e. The number of benzene rings is 4. The van der Waals surface area contributed by atoms with Crippen LogP contribution in [0.15, 0.2) is 97.0 Å². The van der Waals surface area contributed by atoms with E-state index < -0.39 is 5.44 Å². The molecule has 2 aliphatic rings. The Morgan fingerprint density at radius 2 is 1.83 bits per heavy atom. The first-order valence-electron chi connectivity index (χ1n) is 13.8. The van der Waals surface area contributed by atoms with Gasteiger partial charge >= 0.3 is 0 Å². The topological polar surface area (TPSA) is 88.0 Å². The number of hydrogen-bond acceptors (Lipinski definition) is 7. The molecule has 0 spiro atoms. The van der Waals surface area contributed by atoms with Crippen LogP contribution in [0.2, 0.25) is 5.02 Å². The van der Waals surface area contributed by atoms with Crippen LogP contribution in [0.5, 0.6) is 0 Å². The van der Waals surface area contributed by atoms with Crippen LogP contribution in [0.1, 0.15) is 24.0 Å². The maximum Gasteiger partial charge on any atom is 0.148 e. The van der Waals surface area contributed by atoms with Gasteiger partial charge in [-0.15, -0.1) is 5.53 Å². The largest absolute Gasteiger partial charge is 0.378 e. The lowest BCUT2D eigenvalue weighted by Gasteiger charge is -2.34. The summed E-state index contributed by atoms with van der Waals surface area (Å²) in [5.41, 5.74) is 10.7. The highest BCUT2D eigenvalue weighted by Crippen LogP contribution is 2.39. The fourth-order valence-electron chi connectivity index (χ4n) is 5.52. The zero-order valence-electron chi connectivity index (χ0n) is 22.7. The SMILES string of the molecule is BC(Nc1cc(Cl)c2ncc(C#N)c(Nc3cccc4ccccc34)c2c1)(C1=CN(C2CC2)NN1)c1ccc(F)cc1. The van der Waals surface area contributed by atoms with E-state index in [2.05, 4.69) is 56.0 Å². The molecule has 1 atom stereocenters. The first-order chi connectivity index (χ1) is 20.4. The van der Waals surface area contributed by atoms with Gasteiger partial charge in [0, 0.05) is 40.6 Å². The molecule has 4 N–H and O–H groups in total. The molecule has 0 radical (unpaired) electrons. The summed E-state index contributed by atoms with van der Waals surface area (Å²) in [4.78, 5) is 4.53. The number of rotatable bonds is 7. The molecule has 42 heavy (non-hydrogen) atoms. The molecule has 5 aromatic rings. The minimum atomic E-state index is -0.787. The third-order valence-corrected chi connectivity index (χ3v) is 8.27. The number of nitriles is 1. The van der Waals surface area contributed by atoms with Gasteiger partial charge < -0.3 is 16.1 Å². The molecule has 7 rings (SSSR count). The number of hydrogen-bond donors (Lipinski definition) is 4. The summed E-state index contributed by atoms with van der Waals surface area (Å²) < 4.78 is 13.9. The Kier molecular flexibility index (Phi) is 6.38. The minimum absolute atomic E-state index is 0.305. The average Bonchev–Trinajstić information content (AvgIpc) is 3.73. The maximum atomic E-state index is 13.9. The predicted molar refractivity (Wildman–Crippen MR) is 168 cm³/mol. The highest BCUT2D eigenvalue weighted by Gasteiger charge is 2.38. The van der Waals surface area contributed by atoms with Crippen LogP contribution in [-0.4, -0.2) is 23.9 Å². The van der Waals surface area contributed by atoms with Gasteiger partial charge in [0.05, 0.1) is 32.9 Å². The van der Waals surface area contributed by atoms with Crippen molar-refractivity contribution in [3.8, 4) is 6.07 Å². The van der Waals surface area contributed by atoms with Gasteiger partial charge in [0.25, 0.3) is 0 Å². The second-order valence-corrected chi connectivity index (χ2v) is 11.2. The number of halogens is 2. The zero-order chi connectivity index (χ0) is 28.8. The van der Waals surface area contributed by atoms with E-state index in [1.54, 1.807) is 18.3 Å². The number of aromatic nitrogens is 1. The zero-order valence-corrected chi connectivity index (χ0v) is 23.5. The summed E-state index contributed by atoms with van der Waals surface area (Å²) >= 11 is 6.84. The Bertz CT molecular complexity index is 1910. The lowest BCUT2D eigenvalue weighted by Crippen LogP contribution is -2.45. The van der Waals surface area contributed by atoms with E-state index in [0.29, 0.717) is 38.9 Å². The standard InChI is InChI=1S/C32H26BClFN7/c33-32(21-8-10-22(35)11-9-21,29-18-42(41-40-29)24-12-13-24)39-23-14-26-30(20(16-36)17-37-31(26)27(34)15-23)38-28-7-3-5-19-4-1-2-6-25(19)28/h1-11,14-15,17-18,24,39-41H,12-13,33H2,(H,37,38). The van der Waals surface area contributed by atoms with Crippen LogP contribution in [0, 0.1) is 17.1 Å². The van der Waals surface area contributed by atoms with E-state index in [9.17, 15) is 9.65 Å². The van der Waals surface area contributed by atoms with Crippen LogP contribution in [-0.2, 0) is 5.44 Å². The summed E-state index contributed by atoms with van der Waals surface area (Å²) in [6.45, 7) is 0. The van der Waals surface area contributed by atoms with Crippen molar-refractivity contribution in [2.24, 2.45) is 0 Å². The van der Waals surface area contributed by atoms with Crippen LogP contribution >= 0.6 is 11.6 Å². The van der Waals surface area contributed by atoms with Crippen molar-refractivity contribution in [2.75, 3.05) is 10.6 Å². The van der Waals surface area contributed by atoms with Crippen LogP contribution in [0.3, 0.4) is 0 Å². The Labute approximate surface area is 248 Å². The Morgan fingerprint density at radius 1 is 1.05 bits per heavy atom. The second-order valence-electron chi connectivity index (χ2n) is 10.8. The Balaban J connectivity index is 1.35. The molecule has 2 heterocycles. The monoisotopic (exact) mass is 573 g/mol. The lowest BCUT2D eigenvalue weighted by atomic mass is 9.69. The van der Waals surface area contributed by atoms with E-state index >= 15 is 0 Å². The first kappa shape index (κ1) is 26.1. The predicted octanol–water partition coefficient (Wildman–Crippen LogP) is 6.02. The van der Waals surface area contributed by atoms with Gasteiger partial charge in [-0.1, -0.05) is 60.1 Å². The molecular formula is C32H26BClFN7. The third-order valence-electron chi connectivity index (χ3n) is 7.98. The number of anilines is 3. The van der Waals surface area contributed by atoms with Gasteiger partial charge in [-0.05, 0) is 54.1 Å². The van der Waals surface area contributed by atoms with Crippen LogP contribution < -0.4 is 21.6 Å². The Morgan fingerprint density at radius 3 is 2.62 bits per heavy atom. The van der Waals surface area contributed by atoms with Gasteiger partial charge in [-0.2, -0.15) is 5.26 Å². The number of hydrazine groups is 2. The molecule has 1 fully saturated rings. The fraction of sp³-hybridized carbons (Fsp3) is 0.125. The smallest absolute Gasteiger partial charge is 0.148 e. The van der Waals surface area contributed by atoms with Crippen LogP contribution in [0.4, 0.5) is 21.5 Å². The van der Waals surface area contributed by atoms with Crippen molar-refractivity contribution in [3.05, 3.63) is 119 Å². The van der Waals surface area contributed by atoms with E-state index in [0.717, 1.165) is 40.6 Å². The lowest BCUT2D eigenvalue weighted by molar-refractivity contribution is 0.260. The number of nitrogens with zero attached hydrogens (tertiary/aromatic N) is 3. The molecule has 0 bridgehead atoms. The van der Waals surface area contributed by atoms with E-state index in [1.165, 1.54) is 12.1 Å². The van der Waals surface area contributed by atoms with E-state index in [1.807, 2.05) is 50.3 Å². The molecule has 206 valence electrons. The van der Waals surface area contributed by atoms with Gasteiger partial charge in [0.1, 0.15) is 19.7 Å². The summed E-state index contributed by atoms with van der Waals surface area (Å²) in [5.74, 6) is -0.305.